The molecule has 1 aliphatic heterocycles. The lowest BCUT2D eigenvalue weighted by Gasteiger charge is -2.28. The highest BCUT2D eigenvalue weighted by Crippen LogP contribution is 2.29. The van der Waals surface area contributed by atoms with Crippen LogP contribution in [0.2, 0.25) is 0 Å². The van der Waals surface area contributed by atoms with E-state index in [1.54, 1.807) is 0 Å². The molecule has 2 unspecified atom stereocenters. The number of amides is 1. The van der Waals surface area contributed by atoms with Gasteiger partial charge in [0, 0.05) is 25.7 Å². The van der Waals surface area contributed by atoms with Crippen LogP contribution in [-0.4, -0.2) is 36.0 Å². The summed E-state index contributed by atoms with van der Waals surface area (Å²) in [6.07, 6.45) is 9.15. The van der Waals surface area contributed by atoms with E-state index in [4.69, 9.17) is 5.73 Å². The summed E-state index contributed by atoms with van der Waals surface area (Å²) < 4.78 is 13.0. The van der Waals surface area contributed by atoms with E-state index in [1.807, 2.05) is 24.1 Å². The Bertz CT molecular complexity index is 621. The predicted molar refractivity (Wildman–Crippen MR) is 113 cm³/mol. The minimum atomic E-state index is -0.608. The molecule has 1 heterocycles. The molecular weight excluding hydrogens is 379 g/mol. The van der Waals surface area contributed by atoms with E-state index in [-0.39, 0.29) is 30.2 Å². The number of hydrazine groups is 1. The van der Waals surface area contributed by atoms with E-state index in [1.165, 1.54) is 12.1 Å². The molecule has 2 aliphatic rings. The first kappa shape index (κ1) is 23.1. The molecule has 3 rings (SSSR count). The molecule has 7 heteroatoms. The maximum atomic E-state index is 13.0. The van der Waals surface area contributed by atoms with Crippen LogP contribution in [0.3, 0.4) is 0 Å². The minimum Gasteiger partial charge on any atom is -0.344 e. The molecule has 0 bridgehead atoms. The molecule has 1 saturated carbocycles. The van der Waals surface area contributed by atoms with Crippen LogP contribution in [-0.2, 0) is 4.79 Å². The summed E-state index contributed by atoms with van der Waals surface area (Å²) in [7, 11) is 1.88. The van der Waals surface area contributed by atoms with Crippen molar-refractivity contribution in [2.45, 2.75) is 75.4 Å². The predicted octanol–water partition coefficient (Wildman–Crippen LogP) is 3.45. The van der Waals surface area contributed by atoms with Gasteiger partial charge in [-0.1, -0.05) is 37.8 Å². The number of nitrogens with one attached hydrogen (secondary N) is 2. The van der Waals surface area contributed by atoms with Crippen molar-refractivity contribution in [3.63, 3.8) is 0 Å². The van der Waals surface area contributed by atoms with Gasteiger partial charge in [0.05, 0.1) is 5.54 Å². The van der Waals surface area contributed by atoms with Gasteiger partial charge in [0.25, 0.3) is 0 Å². The van der Waals surface area contributed by atoms with Crippen LogP contribution in [0.15, 0.2) is 24.3 Å². The van der Waals surface area contributed by atoms with E-state index >= 15 is 0 Å². The average molecular weight is 413 g/mol. The number of nitrogens with two attached hydrogens (primary N) is 1. The first-order chi connectivity index (χ1) is 13.0. The van der Waals surface area contributed by atoms with Crippen molar-refractivity contribution in [2.24, 2.45) is 5.73 Å². The number of benzene rings is 1. The molecule has 5 nitrogen and oxygen atoms in total. The van der Waals surface area contributed by atoms with Crippen molar-refractivity contribution in [2.75, 3.05) is 13.6 Å². The summed E-state index contributed by atoms with van der Waals surface area (Å²) >= 11 is 0. The lowest BCUT2D eigenvalue weighted by atomic mass is 9.97. The third-order valence-corrected chi connectivity index (χ3v) is 6.07. The smallest absolute Gasteiger partial charge is 0.242 e. The Kier molecular flexibility index (Phi) is 8.68. The van der Waals surface area contributed by atoms with Crippen LogP contribution in [0.4, 0.5) is 4.39 Å². The Morgan fingerprint density at radius 2 is 1.86 bits per heavy atom. The summed E-state index contributed by atoms with van der Waals surface area (Å²) in [6, 6.07) is 7.40. The number of rotatable bonds is 8. The normalized spacial score (nSPS) is 23.4. The highest BCUT2D eigenvalue weighted by atomic mass is 35.5. The second-order valence-electron chi connectivity index (χ2n) is 8.26. The molecule has 28 heavy (non-hydrogen) atoms. The van der Waals surface area contributed by atoms with Gasteiger partial charge in [-0.3, -0.25) is 15.6 Å². The highest BCUT2D eigenvalue weighted by Gasteiger charge is 2.38. The summed E-state index contributed by atoms with van der Waals surface area (Å²) in [6.45, 7) is 0.784. The zero-order valence-electron chi connectivity index (χ0n) is 16.8. The number of carbonyl (C=O) groups excluding carboxylic acids is 1. The number of carbonyl (C=O) groups is 1. The maximum absolute atomic E-state index is 13.0. The minimum absolute atomic E-state index is 0. The van der Waals surface area contributed by atoms with Crippen LogP contribution in [0.5, 0.6) is 0 Å². The lowest BCUT2D eigenvalue weighted by Crippen LogP contribution is -2.52. The SMILES string of the molecule is CN(CCCCCC1CC(c2ccc(F)cc2)NN1)C(=O)C1(N)CCCC1.Cl. The molecule has 1 aliphatic carbocycles. The molecule has 1 saturated heterocycles. The first-order valence-electron chi connectivity index (χ1n) is 10.3. The van der Waals surface area contributed by atoms with E-state index < -0.39 is 5.54 Å². The van der Waals surface area contributed by atoms with Gasteiger partial charge in [-0.05, 0) is 49.8 Å². The Morgan fingerprint density at radius 1 is 1.18 bits per heavy atom. The second-order valence-corrected chi connectivity index (χ2v) is 8.26. The Morgan fingerprint density at radius 3 is 2.54 bits per heavy atom. The third-order valence-electron chi connectivity index (χ3n) is 6.07. The quantitative estimate of drug-likeness (QED) is 0.572. The van der Waals surface area contributed by atoms with E-state index in [0.717, 1.165) is 69.9 Å². The monoisotopic (exact) mass is 412 g/mol. The molecule has 4 N–H and O–H groups in total. The summed E-state index contributed by atoms with van der Waals surface area (Å²) in [5.41, 5.74) is 13.4. The number of likely N-dealkylation sites (N-methyl/N-ethyl adjacent to an activating group) is 1. The van der Waals surface area contributed by atoms with Gasteiger partial charge < -0.3 is 10.6 Å². The Balaban J connectivity index is 0.00000280. The van der Waals surface area contributed by atoms with E-state index in [9.17, 15) is 9.18 Å². The Hall–Kier alpha value is -1.21. The lowest BCUT2D eigenvalue weighted by molar-refractivity contribution is -0.135. The topological polar surface area (TPSA) is 70.4 Å². The van der Waals surface area contributed by atoms with E-state index in [2.05, 4.69) is 10.9 Å². The van der Waals surface area contributed by atoms with Crippen molar-refractivity contribution < 1.29 is 9.18 Å². The molecule has 1 aromatic carbocycles. The Labute approximate surface area is 174 Å². The van der Waals surface area contributed by atoms with Crippen molar-refractivity contribution in [1.29, 1.82) is 0 Å². The number of unbranched alkanes of at least 4 members (excludes halogenated alkanes) is 2. The summed E-state index contributed by atoms with van der Waals surface area (Å²) in [5.74, 6) is -0.0815. The molecule has 1 amide bonds. The average Bonchev–Trinajstić information content (AvgIpc) is 3.31. The van der Waals surface area contributed by atoms with Crippen LogP contribution >= 0.6 is 12.4 Å². The molecule has 0 radical (unpaired) electrons. The number of hydrogen-bond acceptors (Lipinski definition) is 4. The molecule has 0 spiro atoms. The van der Waals surface area contributed by atoms with Gasteiger partial charge in [0.1, 0.15) is 5.82 Å². The molecule has 1 aromatic rings. The van der Waals surface area contributed by atoms with Gasteiger partial charge in [0.15, 0.2) is 0 Å². The number of halogens is 2. The van der Waals surface area contributed by atoms with Crippen molar-refractivity contribution in [3.8, 4) is 0 Å². The van der Waals surface area contributed by atoms with Crippen LogP contribution in [0, 0.1) is 5.82 Å². The fourth-order valence-electron chi connectivity index (χ4n) is 4.34. The number of nitrogens with zero attached hydrogens (tertiary/aromatic N) is 1. The van der Waals surface area contributed by atoms with E-state index in [0.29, 0.717) is 6.04 Å². The van der Waals surface area contributed by atoms with Crippen molar-refractivity contribution in [3.05, 3.63) is 35.6 Å². The molecule has 2 atom stereocenters. The fraction of sp³-hybridized carbons (Fsp3) is 0.667. The van der Waals surface area contributed by atoms with Gasteiger partial charge >= 0.3 is 0 Å². The first-order valence-corrected chi connectivity index (χ1v) is 10.3. The van der Waals surface area contributed by atoms with Gasteiger partial charge in [-0.15, -0.1) is 12.4 Å². The molecule has 2 fully saturated rings. The molecular formula is C21H34ClFN4O. The zero-order valence-corrected chi connectivity index (χ0v) is 17.6. The van der Waals surface area contributed by atoms with Crippen LogP contribution in [0.1, 0.15) is 69.4 Å². The standard InChI is InChI=1S/C21H33FN4O.ClH/c1-26(20(27)21(23)12-4-5-13-21)14-6-2-3-7-18-15-19(25-24-18)16-8-10-17(22)11-9-16;/h8-11,18-19,24-25H,2-7,12-15,23H2,1H3;1H. The second kappa shape index (κ2) is 10.5. The van der Waals surface area contributed by atoms with Crippen LogP contribution < -0.4 is 16.6 Å². The van der Waals surface area contributed by atoms with Crippen molar-refractivity contribution in [1.82, 2.24) is 15.8 Å². The van der Waals surface area contributed by atoms with Crippen LogP contribution in [0.25, 0.3) is 0 Å². The molecule has 0 aromatic heterocycles. The zero-order chi connectivity index (χ0) is 19.3. The van der Waals surface area contributed by atoms with Gasteiger partial charge in [0.2, 0.25) is 5.91 Å². The van der Waals surface area contributed by atoms with Gasteiger partial charge in [-0.2, -0.15) is 0 Å². The van der Waals surface area contributed by atoms with Crippen molar-refractivity contribution >= 4 is 18.3 Å². The third kappa shape index (κ3) is 5.89. The fourth-order valence-corrected chi connectivity index (χ4v) is 4.34. The largest absolute Gasteiger partial charge is 0.344 e. The maximum Gasteiger partial charge on any atom is 0.242 e. The highest BCUT2D eigenvalue weighted by molar-refractivity contribution is 5.86. The summed E-state index contributed by atoms with van der Waals surface area (Å²) in [4.78, 5) is 14.3. The summed E-state index contributed by atoms with van der Waals surface area (Å²) in [5, 5.41) is 0. The molecule has 158 valence electrons. The number of hydrogen-bond donors (Lipinski definition) is 3. The van der Waals surface area contributed by atoms with Gasteiger partial charge in [-0.25, -0.2) is 4.39 Å².